The van der Waals surface area contributed by atoms with Gasteiger partial charge in [0.15, 0.2) is 9.84 Å². The first-order chi connectivity index (χ1) is 8.64. The van der Waals surface area contributed by atoms with Crippen molar-refractivity contribution in [2.24, 2.45) is 11.1 Å². The van der Waals surface area contributed by atoms with Crippen molar-refractivity contribution in [3.63, 3.8) is 0 Å². The number of rotatable bonds is 5. The number of sulfone groups is 1. The van der Waals surface area contributed by atoms with E-state index in [-0.39, 0.29) is 4.90 Å². The van der Waals surface area contributed by atoms with Crippen LogP contribution in [0.4, 0.5) is 0 Å². The third-order valence-corrected chi connectivity index (χ3v) is 5.17. The summed E-state index contributed by atoms with van der Waals surface area (Å²) in [6, 6.07) is 5.64. The third-order valence-electron chi connectivity index (χ3n) is 2.98. The summed E-state index contributed by atoms with van der Waals surface area (Å²) in [6.07, 6.45) is 0. The Kier molecular flexibility index (Phi) is 4.21. The van der Waals surface area contributed by atoms with E-state index in [1.165, 1.54) is 45.2 Å². The van der Waals surface area contributed by atoms with Crippen molar-refractivity contribution in [1.82, 2.24) is 0 Å². The van der Waals surface area contributed by atoms with Crippen LogP contribution in [0.15, 0.2) is 29.2 Å². The fourth-order valence-electron chi connectivity index (χ4n) is 1.42. The van der Waals surface area contributed by atoms with Crippen LogP contribution >= 0.6 is 0 Å². The van der Waals surface area contributed by atoms with Crippen LogP contribution in [0.3, 0.4) is 0 Å². The van der Waals surface area contributed by atoms with E-state index in [1.54, 1.807) is 0 Å². The van der Waals surface area contributed by atoms with Gasteiger partial charge in [0.1, 0.15) is 11.1 Å². The Balaban J connectivity index is 3.20. The molecule has 1 aromatic carbocycles. The van der Waals surface area contributed by atoms with Crippen molar-refractivity contribution in [3.05, 3.63) is 24.3 Å². The van der Waals surface area contributed by atoms with Gasteiger partial charge in [-0.1, -0.05) is 0 Å². The number of methoxy groups -OCH3 is 1. The zero-order valence-electron chi connectivity index (χ0n) is 11.0. The first-order valence-corrected chi connectivity index (χ1v) is 7.05. The molecule has 3 N–H and O–H groups in total. The Morgan fingerprint density at radius 2 is 1.79 bits per heavy atom. The van der Waals surface area contributed by atoms with E-state index >= 15 is 0 Å². The topological polar surface area (TPSA) is 107 Å². The first-order valence-electron chi connectivity index (χ1n) is 5.51. The number of benzene rings is 1. The van der Waals surface area contributed by atoms with Crippen LogP contribution in [0.2, 0.25) is 0 Å². The molecular weight excluding hydrogens is 270 g/mol. The maximum atomic E-state index is 12.3. The van der Waals surface area contributed by atoms with Crippen molar-refractivity contribution in [1.29, 1.82) is 0 Å². The zero-order chi connectivity index (χ0) is 14.8. The molecule has 6 nitrogen and oxygen atoms in total. The van der Waals surface area contributed by atoms with Crippen LogP contribution in [-0.4, -0.2) is 32.0 Å². The van der Waals surface area contributed by atoms with Crippen LogP contribution in [0.25, 0.3) is 0 Å². The molecule has 0 saturated carbocycles. The average Bonchev–Trinajstić information content (AvgIpc) is 2.37. The lowest BCUT2D eigenvalue weighted by atomic mass is 9.94. The minimum atomic E-state index is -3.93. The highest BCUT2D eigenvalue weighted by Gasteiger charge is 2.43. The molecule has 0 aliphatic carbocycles. The maximum Gasteiger partial charge on any atom is 0.311 e. The summed E-state index contributed by atoms with van der Waals surface area (Å²) in [6.45, 7) is 2.56. The average molecular weight is 287 g/mol. The summed E-state index contributed by atoms with van der Waals surface area (Å²) in [5.41, 5.74) is 4.05. The highest BCUT2D eigenvalue weighted by atomic mass is 32.2. The lowest BCUT2D eigenvalue weighted by Crippen LogP contribution is -2.48. The minimum Gasteiger partial charge on any atom is -0.497 e. The number of carboxylic acid groups (broad SMARTS) is 1. The summed E-state index contributed by atoms with van der Waals surface area (Å²) in [7, 11) is -2.46. The van der Waals surface area contributed by atoms with Gasteiger partial charge in [0.25, 0.3) is 0 Å². The molecule has 19 heavy (non-hydrogen) atoms. The van der Waals surface area contributed by atoms with Gasteiger partial charge in [-0.05, 0) is 38.1 Å². The smallest absolute Gasteiger partial charge is 0.311 e. The predicted molar refractivity (Wildman–Crippen MR) is 69.6 cm³/mol. The van der Waals surface area contributed by atoms with Gasteiger partial charge in [0, 0.05) is 0 Å². The Labute approximate surface area is 112 Å². The molecule has 0 amide bonds. The minimum absolute atomic E-state index is 0.0323. The second kappa shape index (κ2) is 5.18. The largest absolute Gasteiger partial charge is 0.497 e. The van der Waals surface area contributed by atoms with Gasteiger partial charge in [-0.2, -0.15) is 0 Å². The van der Waals surface area contributed by atoms with Crippen LogP contribution in [0, 0.1) is 5.41 Å². The molecule has 0 spiro atoms. The Bertz CT molecular complexity index is 562. The van der Waals surface area contributed by atoms with Crippen molar-refractivity contribution >= 4 is 15.8 Å². The molecule has 0 aliphatic heterocycles. The summed E-state index contributed by atoms with van der Waals surface area (Å²) < 4.78 is 29.4. The molecule has 7 heteroatoms. The molecule has 106 valence electrons. The lowest BCUT2D eigenvalue weighted by Gasteiger charge is -2.26. The van der Waals surface area contributed by atoms with E-state index in [0.717, 1.165) is 0 Å². The van der Waals surface area contributed by atoms with E-state index in [4.69, 9.17) is 15.6 Å². The number of hydrogen-bond donors (Lipinski definition) is 2. The standard InChI is InChI=1S/C12H17NO5S/c1-12(2,11(14)15)10(13)19(16,17)9-6-4-8(18-3)5-7-9/h4-7,10H,13H2,1-3H3,(H,14,15). The molecule has 1 unspecified atom stereocenters. The Hall–Kier alpha value is -1.60. The zero-order valence-corrected chi connectivity index (χ0v) is 11.8. The number of nitrogens with two attached hydrogens (primary N) is 1. The fourth-order valence-corrected chi connectivity index (χ4v) is 3.11. The molecule has 0 aromatic heterocycles. The summed E-state index contributed by atoms with van der Waals surface area (Å²) in [5, 5.41) is 7.50. The van der Waals surface area contributed by atoms with Crippen molar-refractivity contribution < 1.29 is 23.1 Å². The van der Waals surface area contributed by atoms with Crippen LogP contribution in [-0.2, 0) is 14.6 Å². The van der Waals surface area contributed by atoms with Crippen molar-refractivity contribution in [3.8, 4) is 5.75 Å². The van der Waals surface area contributed by atoms with Gasteiger partial charge in [-0.15, -0.1) is 0 Å². The van der Waals surface area contributed by atoms with Crippen LogP contribution < -0.4 is 10.5 Å². The van der Waals surface area contributed by atoms with Gasteiger partial charge in [0.05, 0.1) is 17.4 Å². The van der Waals surface area contributed by atoms with Crippen molar-refractivity contribution in [2.45, 2.75) is 24.1 Å². The number of ether oxygens (including phenoxy) is 1. The summed E-state index contributed by atoms with van der Waals surface area (Å²) in [5.74, 6) is -0.762. The number of carboxylic acids is 1. The summed E-state index contributed by atoms with van der Waals surface area (Å²) in [4.78, 5) is 11.0. The van der Waals surface area contributed by atoms with E-state index in [1.807, 2.05) is 0 Å². The Morgan fingerprint density at radius 1 is 1.32 bits per heavy atom. The maximum absolute atomic E-state index is 12.3. The first kappa shape index (κ1) is 15.5. The van der Waals surface area contributed by atoms with Gasteiger partial charge in [-0.25, -0.2) is 8.42 Å². The SMILES string of the molecule is COc1ccc(S(=O)(=O)C(N)C(C)(C)C(=O)O)cc1. The van der Waals surface area contributed by atoms with Gasteiger partial charge in [-0.3, -0.25) is 4.79 Å². The molecule has 1 rings (SSSR count). The summed E-state index contributed by atoms with van der Waals surface area (Å²) >= 11 is 0. The van der Waals surface area contributed by atoms with Gasteiger partial charge < -0.3 is 15.6 Å². The molecule has 1 aromatic rings. The van der Waals surface area contributed by atoms with E-state index < -0.39 is 26.6 Å². The second-order valence-electron chi connectivity index (χ2n) is 4.67. The highest BCUT2D eigenvalue weighted by Crippen LogP contribution is 2.28. The number of carbonyl (C=O) groups is 1. The molecule has 0 aliphatic rings. The van der Waals surface area contributed by atoms with Gasteiger partial charge in [0.2, 0.25) is 0 Å². The van der Waals surface area contributed by atoms with E-state index in [9.17, 15) is 13.2 Å². The van der Waals surface area contributed by atoms with E-state index in [0.29, 0.717) is 5.75 Å². The fraction of sp³-hybridized carbons (Fsp3) is 0.417. The van der Waals surface area contributed by atoms with Crippen molar-refractivity contribution in [2.75, 3.05) is 7.11 Å². The molecule has 0 bridgehead atoms. The van der Waals surface area contributed by atoms with E-state index in [2.05, 4.69) is 0 Å². The lowest BCUT2D eigenvalue weighted by molar-refractivity contribution is -0.146. The Morgan fingerprint density at radius 3 is 2.16 bits per heavy atom. The normalized spacial score (nSPS) is 13.9. The molecular formula is C12H17NO5S. The van der Waals surface area contributed by atoms with Crippen LogP contribution in [0.5, 0.6) is 5.75 Å². The quantitative estimate of drug-likeness (QED) is 0.832. The third kappa shape index (κ3) is 2.87. The number of hydrogen-bond acceptors (Lipinski definition) is 5. The van der Waals surface area contributed by atoms with Crippen LogP contribution in [0.1, 0.15) is 13.8 Å². The highest BCUT2D eigenvalue weighted by molar-refractivity contribution is 7.92. The molecule has 0 heterocycles. The molecule has 0 fully saturated rings. The molecule has 1 atom stereocenters. The van der Waals surface area contributed by atoms with Gasteiger partial charge >= 0.3 is 5.97 Å². The number of aliphatic carboxylic acids is 1. The monoisotopic (exact) mass is 287 g/mol. The predicted octanol–water partition coefficient (Wildman–Crippen LogP) is 0.864. The molecule has 0 saturated heterocycles. The second-order valence-corrected chi connectivity index (χ2v) is 6.74. The molecule has 0 radical (unpaired) electrons.